The second-order valence-corrected chi connectivity index (χ2v) is 2.03. The van der Waals surface area contributed by atoms with Crippen LogP contribution in [0, 0.1) is 11.3 Å². The summed E-state index contributed by atoms with van der Waals surface area (Å²) in [4.78, 5) is 0. The van der Waals surface area contributed by atoms with Gasteiger partial charge in [0.05, 0.1) is 18.1 Å². The number of aliphatic hydroxyl groups is 1. The molecule has 4 heteroatoms. The molecule has 0 aromatic carbocycles. The molecule has 0 saturated carbocycles. The van der Waals surface area contributed by atoms with Crippen molar-refractivity contribution in [1.29, 1.82) is 5.26 Å². The Morgan fingerprint density at radius 1 is 1.75 bits per heavy atom. The van der Waals surface area contributed by atoms with E-state index < -0.39 is 11.5 Å². The minimum atomic E-state index is -0.914. The molecule has 8 heavy (non-hydrogen) atoms. The maximum Gasteiger partial charge on any atom is 0.147 e. The van der Waals surface area contributed by atoms with E-state index in [1.807, 2.05) is 0 Å². The zero-order valence-electron chi connectivity index (χ0n) is 4.01. The van der Waals surface area contributed by atoms with Crippen LogP contribution in [0.3, 0.4) is 0 Å². The molecule has 0 rings (SSSR count). The van der Waals surface area contributed by atoms with E-state index in [1.54, 1.807) is 6.07 Å². The van der Waals surface area contributed by atoms with Crippen molar-refractivity contribution < 1.29 is 5.11 Å². The highest BCUT2D eigenvalue weighted by Crippen LogP contribution is 2.01. The highest BCUT2D eigenvalue weighted by molar-refractivity contribution is 6.24. The van der Waals surface area contributed by atoms with Crippen LogP contribution in [0.15, 0.2) is 0 Å². The standard InChI is InChI=1S/C4H5Cl2NO/c5-1-4(8)3(6)2-7/h3-4,8H,1H2/t3-,4+/m1/s1. The fourth-order valence-corrected chi connectivity index (χ4v) is 0.523. The predicted octanol–water partition coefficient (Wildman–Crippen LogP) is 0.717. The maximum atomic E-state index is 8.64. The molecular formula is C4H5Cl2NO. The zero-order valence-corrected chi connectivity index (χ0v) is 5.52. The van der Waals surface area contributed by atoms with Crippen molar-refractivity contribution >= 4 is 23.2 Å². The number of alkyl halides is 2. The summed E-state index contributed by atoms with van der Waals surface area (Å²) in [6.07, 6.45) is -0.914. The molecule has 2 nitrogen and oxygen atoms in total. The summed E-state index contributed by atoms with van der Waals surface area (Å²) in [5.41, 5.74) is 0. The van der Waals surface area contributed by atoms with Gasteiger partial charge in [0, 0.05) is 0 Å². The third-order valence-corrected chi connectivity index (χ3v) is 1.32. The van der Waals surface area contributed by atoms with Crippen LogP contribution >= 0.6 is 23.2 Å². The lowest BCUT2D eigenvalue weighted by Crippen LogP contribution is -2.20. The molecule has 1 N–H and O–H groups in total. The van der Waals surface area contributed by atoms with E-state index >= 15 is 0 Å². The molecule has 0 radical (unpaired) electrons. The number of nitrogens with zero attached hydrogens (tertiary/aromatic N) is 1. The van der Waals surface area contributed by atoms with E-state index in [0.29, 0.717) is 0 Å². The topological polar surface area (TPSA) is 44.0 Å². The Labute approximate surface area is 57.6 Å². The van der Waals surface area contributed by atoms with Crippen LogP contribution in [0.5, 0.6) is 0 Å². The number of aliphatic hydroxyl groups excluding tert-OH is 1. The van der Waals surface area contributed by atoms with Crippen LogP contribution in [0.1, 0.15) is 0 Å². The van der Waals surface area contributed by atoms with Gasteiger partial charge in [-0.05, 0) is 0 Å². The second-order valence-electron chi connectivity index (χ2n) is 1.25. The van der Waals surface area contributed by atoms with Gasteiger partial charge in [-0.25, -0.2) is 0 Å². The second kappa shape index (κ2) is 3.96. The number of hydrogen-bond donors (Lipinski definition) is 1. The monoisotopic (exact) mass is 153 g/mol. The van der Waals surface area contributed by atoms with E-state index in [1.165, 1.54) is 0 Å². The molecule has 0 aromatic rings. The third kappa shape index (κ3) is 2.37. The lowest BCUT2D eigenvalue weighted by Gasteiger charge is -2.03. The van der Waals surface area contributed by atoms with Crippen molar-refractivity contribution in [2.24, 2.45) is 0 Å². The minimum Gasteiger partial charge on any atom is -0.389 e. The van der Waals surface area contributed by atoms with Gasteiger partial charge in [-0.15, -0.1) is 23.2 Å². The van der Waals surface area contributed by atoms with Crippen LogP contribution in [0.25, 0.3) is 0 Å². The Hall–Kier alpha value is 0.0300. The van der Waals surface area contributed by atoms with E-state index in [2.05, 4.69) is 0 Å². The number of halogens is 2. The molecule has 0 aliphatic heterocycles. The first-order valence-electron chi connectivity index (χ1n) is 2.00. The number of rotatable bonds is 2. The molecule has 0 aromatic heterocycles. The summed E-state index contributed by atoms with van der Waals surface area (Å²) >= 11 is 10.4. The van der Waals surface area contributed by atoms with Gasteiger partial charge in [0.1, 0.15) is 5.38 Å². The Balaban J connectivity index is 3.49. The molecule has 0 aliphatic carbocycles. The highest BCUT2D eigenvalue weighted by atomic mass is 35.5. The smallest absolute Gasteiger partial charge is 0.147 e. The van der Waals surface area contributed by atoms with Gasteiger partial charge < -0.3 is 5.11 Å². The summed E-state index contributed by atoms with van der Waals surface area (Å²) in [5.74, 6) is 0.00171. The van der Waals surface area contributed by atoms with Gasteiger partial charge in [0.25, 0.3) is 0 Å². The molecule has 2 atom stereocenters. The average Bonchev–Trinajstić information content (AvgIpc) is 1.84. The first kappa shape index (κ1) is 8.03. The van der Waals surface area contributed by atoms with E-state index in [4.69, 9.17) is 33.6 Å². The van der Waals surface area contributed by atoms with Crippen molar-refractivity contribution in [1.82, 2.24) is 0 Å². The molecule has 46 valence electrons. The zero-order chi connectivity index (χ0) is 6.57. The predicted molar refractivity (Wildman–Crippen MR) is 32.0 cm³/mol. The Bertz CT molecular complexity index is 101. The summed E-state index contributed by atoms with van der Waals surface area (Å²) in [5, 5.41) is 15.8. The van der Waals surface area contributed by atoms with E-state index in [0.717, 1.165) is 0 Å². The van der Waals surface area contributed by atoms with Crippen molar-refractivity contribution in [3.05, 3.63) is 0 Å². The first-order valence-corrected chi connectivity index (χ1v) is 2.97. The van der Waals surface area contributed by atoms with Crippen LogP contribution in [-0.4, -0.2) is 22.5 Å². The molecule has 0 spiro atoms. The van der Waals surface area contributed by atoms with Gasteiger partial charge in [0.2, 0.25) is 0 Å². The van der Waals surface area contributed by atoms with Gasteiger partial charge in [0.15, 0.2) is 0 Å². The van der Waals surface area contributed by atoms with Gasteiger partial charge >= 0.3 is 0 Å². The lowest BCUT2D eigenvalue weighted by molar-refractivity contribution is 0.206. The van der Waals surface area contributed by atoms with Crippen LogP contribution < -0.4 is 0 Å². The summed E-state index contributed by atoms with van der Waals surface area (Å²) < 4.78 is 0. The molecule has 0 heterocycles. The van der Waals surface area contributed by atoms with Gasteiger partial charge in [-0.2, -0.15) is 5.26 Å². The maximum absolute atomic E-state index is 8.64. The quantitative estimate of drug-likeness (QED) is 0.595. The fraction of sp³-hybridized carbons (Fsp3) is 0.750. The Morgan fingerprint density at radius 3 is 2.38 bits per heavy atom. The van der Waals surface area contributed by atoms with E-state index in [-0.39, 0.29) is 5.88 Å². The van der Waals surface area contributed by atoms with Crippen molar-refractivity contribution in [2.75, 3.05) is 5.88 Å². The van der Waals surface area contributed by atoms with Gasteiger partial charge in [-0.3, -0.25) is 0 Å². The van der Waals surface area contributed by atoms with Crippen LogP contribution in [0.4, 0.5) is 0 Å². The molecule has 0 fully saturated rings. The van der Waals surface area contributed by atoms with Crippen molar-refractivity contribution in [2.45, 2.75) is 11.5 Å². The van der Waals surface area contributed by atoms with E-state index in [9.17, 15) is 0 Å². The molecule has 0 unspecified atom stereocenters. The average molecular weight is 154 g/mol. The lowest BCUT2D eigenvalue weighted by atomic mass is 10.3. The number of hydrogen-bond acceptors (Lipinski definition) is 2. The summed E-state index contributed by atoms with van der Waals surface area (Å²) in [6.45, 7) is 0. The Kier molecular flexibility index (Phi) is 3.98. The molecule has 0 amide bonds. The minimum absolute atomic E-state index is 0.00171. The normalized spacial score (nSPS) is 16.8. The van der Waals surface area contributed by atoms with Crippen molar-refractivity contribution in [3.63, 3.8) is 0 Å². The first-order chi connectivity index (χ1) is 3.72. The summed E-state index contributed by atoms with van der Waals surface area (Å²) in [7, 11) is 0. The SMILES string of the molecule is N#C[C@@H](Cl)[C@@H](O)CCl. The Morgan fingerprint density at radius 2 is 2.25 bits per heavy atom. The molecular weight excluding hydrogens is 149 g/mol. The summed E-state index contributed by atoms with van der Waals surface area (Å²) in [6, 6.07) is 1.65. The molecule has 0 saturated heterocycles. The van der Waals surface area contributed by atoms with Crippen LogP contribution in [-0.2, 0) is 0 Å². The highest BCUT2D eigenvalue weighted by Gasteiger charge is 2.12. The van der Waals surface area contributed by atoms with Crippen LogP contribution in [0.2, 0.25) is 0 Å². The molecule has 0 bridgehead atoms. The van der Waals surface area contributed by atoms with Crippen molar-refractivity contribution in [3.8, 4) is 6.07 Å². The third-order valence-electron chi connectivity index (χ3n) is 0.619. The fourth-order valence-electron chi connectivity index (χ4n) is 0.164. The number of nitriles is 1. The molecule has 0 aliphatic rings. The van der Waals surface area contributed by atoms with Gasteiger partial charge in [-0.1, -0.05) is 0 Å². The largest absolute Gasteiger partial charge is 0.389 e.